The van der Waals surface area contributed by atoms with Crippen molar-refractivity contribution in [3.8, 4) is 0 Å². The molecule has 0 aliphatic rings. The SMILES string of the molecule is CS(=O)(=O)c1ccc2nc(NC(=O)Cn3cc(Br)ccc3=O)sc2c1. The third-order valence-corrected chi connectivity index (χ3v) is 5.81. The summed E-state index contributed by atoms with van der Waals surface area (Å²) in [5.74, 6) is -0.400. The van der Waals surface area contributed by atoms with Crippen LogP contribution in [0.3, 0.4) is 0 Å². The maximum absolute atomic E-state index is 12.1. The van der Waals surface area contributed by atoms with Gasteiger partial charge in [0.1, 0.15) is 6.54 Å². The minimum Gasteiger partial charge on any atom is -0.305 e. The molecule has 2 heterocycles. The lowest BCUT2D eigenvalue weighted by Crippen LogP contribution is -2.26. The normalized spacial score (nSPS) is 11.6. The summed E-state index contributed by atoms with van der Waals surface area (Å²) in [6, 6.07) is 7.56. The first-order chi connectivity index (χ1) is 11.7. The molecule has 3 aromatic rings. The maximum atomic E-state index is 12.1. The Morgan fingerprint density at radius 3 is 2.80 bits per heavy atom. The number of carbonyl (C=O) groups is 1. The molecule has 0 saturated carbocycles. The largest absolute Gasteiger partial charge is 0.305 e. The van der Waals surface area contributed by atoms with Gasteiger partial charge in [0.2, 0.25) is 5.91 Å². The quantitative estimate of drug-likeness (QED) is 0.669. The number of benzene rings is 1. The smallest absolute Gasteiger partial charge is 0.251 e. The summed E-state index contributed by atoms with van der Waals surface area (Å²) in [4.78, 5) is 28.3. The molecule has 0 saturated heterocycles. The second kappa shape index (κ2) is 6.70. The summed E-state index contributed by atoms with van der Waals surface area (Å²) in [6.45, 7) is -0.150. The fourth-order valence-electron chi connectivity index (χ4n) is 2.13. The van der Waals surface area contributed by atoms with Crippen molar-refractivity contribution in [2.24, 2.45) is 0 Å². The Morgan fingerprint density at radius 2 is 2.08 bits per heavy atom. The molecule has 0 aliphatic carbocycles. The van der Waals surface area contributed by atoms with E-state index in [0.29, 0.717) is 19.8 Å². The standard InChI is InChI=1S/C15H12BrN3O4S2/c1-25(22,23)10-3-4-11-12(6-10)24-15(17-11)18-13(20)8-19-7-9(16)2-5-14(19)21/h2-7H,8H2,1H3,(H,17,18,20). The number of carbonyl (C=O) groups excluding carboxylic acids is 1. The van der Waals surface area contributed by atoms with Crippen LogP contribution in [-0.4, -0.2) is 30.1 Å². The van der Waals surface area contributed by atoms with E-state index in [1.807, 2.05) is 0 Å². The van der Waals surface area contributed by atoms with Crippen LogP contribution in [0.4, 0.5) is 5.13 Å². The van der Waals surface area contributed by atoms with Crippen molar-refractivity contribution in [2.45, 2.75) is 11.4 Å². The van der Waals surface area contributed by atoms with Gasteiger partial charge in [-0.1, -0.05) is 11.3 Å². The van der Waals surface area contributed by atoms with Gasteiger partial charge in [-0.25, -0.2) is 13.4 Å². The number of halogens is 1. The van der Waals surface area contributed by atoms with Crippen LogP contribution in [0, 0.1) is 0 Å². The number of aromatic nitrogens is 2. The molecule has 3 rings (SSSR count). The fourth-order valence-corrected chi connectivity index (χ4v) is 4.15. The van der Waals surface area contributed by atoms with E-state index in [1.165, 1.54) is 40.3 Å². The van der Waals surface area contributed by atoms with Gasteiger partial charge in [-0.05, 0) is 40.2 Å². The number of hydrogen-bond donors (Lipinski definition) is 1. The lowest BCUT2D eigenvalue weighted by atomic mass is 10.3. The first kappa shape index (κ1) is 17.8. The van der Waals surface area contributed by atoms with Crippen molar-refractivity contribution >= 4 is 58.4 Å². The number of rotatable bonds is 4. The van der Waals surface area contributed by atoms with E-state index in [4.69, 9.17) is 0 Å². The van der Waals surface area contributed by atoms with Crippen molar-refractivity contribution in [1.82, 2.24) is 9.55 Å². The van der Waals surface area contributed by atoms with Crippen molar-refractivity contribution in [2.75, 3.05) is 11.6 Å². The number of sulfone groups is 1. The molecule has 0 atom stereocenters. The Bertz CT molecular complexity index is 1140. The van der Waals surface area contributed by atoms with Gasteiger partial charge in [0.25, 0.3) is 5.56 Å². The molecular weight excluding hydrogens is 430 g/mol. The van der Waals surface area contributed by atoms with Crippen LogP contribution in [0.1, 0.15) is 0 Å². The maximum Gasteiger partial charge on any atom is 0.251 e. The van der Waals surface area contributed by atoms with Crippen LogP contribution in [0.2, 0.25) is 0 Å². The van der Waals surface area contributed by atoms with Crippen LogP contribution in [-0.2, 0) is 21.2 Å². The van der Waals surface area contributed by atoms with Crippen molar-refractivity contribution in [1.29, 1.82) is 0 Å². The van der Waals surface area contributed by atoms with Crippen LogP contribution in [0.15, 0.2) is 50.7 Å². The summed E-state index contributed by atoms with van der Waals surface area (Å²) in [5, 5.41) is 2.97. The minimum atomic E-state index is -3.31. The predicted molar refractivity (Wildman–Crippen MR) is 99.8 cm³/mol. The number of pyridine rings is 1. The molecule has 130 valence electrons. The zero-order chi connectivity index (χ0) is 18.2. The van der Waals surface area contributed by atoms with Gasteiger partial charge in [0, 0.05) is 23.0 Å². The topological polar surface area (TPSA) is 98.1 Å². The summed E-state index contributed by atoms with van der Waals surface area (Å²) >= 11 is 4.42. The molecule has 0 bridgehead atoms. The number of nitrogens with one attached hydrogen (secondary N) is 1. The summed E-state index contributed by atoms with van der Waals surface area (Å²) < 4.78 is 25.8. The monoisotopic (exact) mass is 441 g/mol. The Balaban J connectivity index is 1.81. The number of fused-ring (bicyclic) bond motifs is 1. The first-order valence-corrected chi connectivity index (χ1v) is 10.5. The van der Waals surface area contributed by atoms with Gasteiger partial charge < -0.3 is 9.88 Å². The number of nitrogens with zero attached hydrogens (tertiary/aromatic N) is 2. The number of hydrogen-bond acceptors (Lipinski definition) is 6. The highest BCUT2D eigenvalue weighted by Gasteiger charge is 2.12. The highest BCUT2D eigenvalue weighted by Crippen LogP contribution is 2.28. The highest BCUT2D eigenvalue weighted by molar-refractivity contribution is 9.10. The predicted octanol–water partition coefficient (Wildman–Crippen LogP) is 2.26. The average Bonchev–Trinajstić information content (AvgIpc) is 2.91. The zero-order valence-electron chi connectivity index (χ0n) is 12.9. The number of thiazole rings is 1. The summed E-state index contributed by atoms with van der Waals surface area (Å²) in [6.07, 6.45) is 2.66. The molecule has 2 aromatic heterocycles. The second-order valence-corrected chi connectivity index (χ2v) is 9.24. The molecule has 0 spiro atoms. The lowest BCUT2D eigenvalue weighted by Gasteiger charge is -2.05. The van der Waals surface area contributed by atoms with Gasteiger partial charge in [-0.3, -0.25) is 9.59 Å². The van der Waals surface area contributed by atoms with Crippen molar-refractivity contribution in [3.63, 3.8) is 0 Å². The van der Waals surface area contributed by atoms with Crippen molar-refractivity contribution < 1.29 is 13.2 Å². The Morgan fingerprint density at radius 1 is 1.32 bits per heavy atom. The molecule has 1 N–H and O–H groups in total. The number of amides is 1. The van der Waals surface area contributed by atoms with Crippen LogP contribution in [0.5, 0.6) is 0 Å². The van der Waals surface area contributed by atoms with Crippen LogP contribution in [0.25, 0.3) is 10.2 Å². The Hall–Kier alpha value is -2.04. The minimum absolute atomic E-state index is 0.150. The van der Waals surface area contributed by atoms with E-state index < -0.39 is 15.7 Å². The lowest BCUT2D eigenvalue weighted by molar-refractivity contribution is -0.116. The highest BCUT2D eigenvalue weighted by atomic mass is 79.9. The average molecular weight is 442 g/mol. The first-order valence-electron chi connectivity index (χ1n) is 6.99. The molecule has 25 heavy (non-hydrogen) atoms. The molecule has 10 heteroatoms. The zero-order valence-corrected chi connectivity index (χ0v) is 16.1. The molecule has 0 radical (unpaired) electrons. The molecular formula is C15H12BrN3O4S2. The van der Waals surface area contributed by atoms with E-state index in [9.17, 15) is 18.0 Å². The summed E-state index contributed by atoms with van der Waals surface area (Å²) in [7, 11) is -3.31. The Labute approximate surface area is 155 Å². The molecule has 1 amide bonds. The molecule has 0 fully saturated rings. The van der Waals surface area contributed by atoms with Gasteiger partial charge in [-0.15, -0.1) is 0 Å². The summed E-state index contributed by atoms with van der Waals surface area (Å²) in [5.41, 5.74) is 0.299. The Kier molecular flexibility index (Phi) is 4.76. The van der Waals surface area contributed by atoms with E-state index in [-0.39, 0.29) is 17.0 Å². The van der Waals surface area contributed by atoms with Crippen LogP contribution < -0.4 is 10.9 Å². The van der Waals surface area contributed by atoms with Gasteiger partial charge in [0.05, 0.1) is 15.1 Å². The van der Waals surface area contributed by atoms with Gasteiger partial charge in [-0.2, -0.15) is 0 Å². The van der Waals surface area contributed by atoms with Crippen molar-refractivity contribution in [3.05, 3.63) is 51.4 Å². The fraction of sp³-hybridized carbons (Fsp3) is 0.133. The van der Waals surface area contributed by atoms with E-state index >= 15 is 0 Å². The molecule has 0 unspecified atom stereocenters. The van der Waals surface area contributed by atoms with Gasteiger partial charge >= 0.3 is 0 Å². The van der Waals surface area contributed by atoms with E-state index in [2.05, 4.69) is 26.2 Å². The molecule has 1 aromatic carbocycles. The number of anilines is 1. The molecule has 7 nitrogen and oxygen atoms in total. The second-order valence-electron chi connectivity index (χ2n) is 5.28. The van der Waals surface area contributed by atoms with E-state index in [1.54, 1.807) is 12.1 Å². The van der Waals surface area contributed by atoms with Crippen LogP contribution >= 0.6 is 27.3 Å². The molecule has 0 aliphatic heterocycles. The van der Waals surface area contributed by atoms with E-state index in [0.717, 1.165) is 6.26 Å². The van der Waals surface area contributed by atoms with Gasteiger partial charge in [0.15, 0.2) is 15.0 Å². The third-order valence-electron chi connectivity index (χ3n) is 3.30. The third kappa shape index (κ3) is 4.14.